The number of likely N-dealkylation sites (tertiary alicyclic amines) is 1. The number of methoxy groups -OCH3 is 2. The molecule has 1 atom stereocenters. The summed E-state index contributed by atoms with van der Waals surface area (Å²) in [4.78, 5) is 2.47. The number of benzene rings is 2. The normalized spacial score (nSPS) is 17.6. The third-order valence-electron chi connectivity index (χ3n) is 5.34. The first-order valence-corrected chi connectivity index (χ1v) is 9.80. The van der Waals surface area contributed by atoms with Crippen LogP contribution >= 0.6 is 0 Å². The van der Waals surface area contributed by atoms with Crippen molar-refractivity contribution >= 4 is 0 Å². The van der Waals surface area contributed by atoms with E-state index in [-0.39, 0.29) is 0 Å². The van der Waals surface area contributed by atoms with Crippen LogP contribution in [0, 0.1) is 0 Å². The molecule has 0 saturated carbocycles. The summed E-state index contributed by atoms with van der Waals surface area (Å²) in [6.07, 6.45) is 4.78. The fourth-order valence-electron chi connectivity index (χ4n) is 3.84. The minimum atomic E-state index is 0.318. The van der Waals surface area contributed by atoms with Gasteiger partial charge in [0.25, 0.3) is 0 Å². The zero-order chi connectivity index (χ0) is 19.3. The summed E-state index contributed by atoms with van der Waals surface area (Å²) in [5.41, 5.74) is 4.35. The Hall–Kier alpha value is -2.63. The number of hydrogen-bond donors (Lipinski definition) is 0. The second-order valence-corrected chi connectivity index (χ2v) is 7.25. The Labute approximate surface area is 166 Å². The summed E-state index contributed by atoms with van der Waals surface area (Å²) in [5, 5.41) is 4.93. The first kappa shape index (κ1) is 18.7. The Morgan fingerprint density at radius 3 is 2.71 bits per heavy atom. The van der Waals surface area contributed by atoms with E-state index in [0.717, 1.165) is 48.7 Å². The molecule has 4 rings (SSSR count). The lowest BCUT2D eigenvalue weighted by atomic mass is 10.0. The monoisotopic (exact) mass is 377 g/mol. The van der Waals surface area contributed by atoms with Gasteiger partial charge >= 0.3 is 0 Å². The first-order valence-electron chi connectivity index (χ1n) is 9.80. The van der Waals surface area contributed by atoms with Crippen molar-refractivity contribution in [2.75, 3.05) is 27.3 Å². The number of piperidine rings is 1. The van der Waals surface area contributed by atoms with Gasteiger partial charge in [-0.05, 0) is 43.7 Å². The fraction of sp³-hybridized carbons (Fsp3) is 0.348. The molecule has 0 unspecified atom stereocenters. The molecule has 0 spiro atoms. The lowest BCUT2D eigenvalue weighted by Crippen LogP contribution is -2.38. The second kappa shape index (κ2) is 8.59. The van der Waals surface area contributed by atoms with Gasteiger partial charge in [-0.2, -0.15) is 5.10 Å². The standard InChI is InChI=1S/C23H27N3O2/c1-27-21-11-6-8-18(14-21)23-19(15-25-13-7-12-22(17-25)28-2)16-26(24-23)20-9-4-3-5-10-20/h3-6,8-11,14,16,22H,7,12-13,15,17H2,1-2H3/t22-/m1/s1. The van der Waals surface area contributed by atoms with Gasteiger partial charge < -0.3 is 9.47 Å². The molecule has 0 N–H and O–H groups in total. The molecule has 0 amide bonds. The molecular weight excluding hydrogens is 350 g/mol. The van der Waals surface area contributed by atoms with E-state index >= 15 is 0 Å². The van der Waals surface area contributed by atoms with Crippen molar-refractivity contribution in [3.8, 4) is 22.7 Å². The summed E-state index contributed by atoms with van der Waals surface area (Å²) in [6.45, 7) is 2.91. The molecule has 0 radical (unpaired) electrons. The van der Waals surface area contributed by atoms with E-state index in [1.165, 1.54) is 12.0 Å². The first-order chi connectivity index (χ1) is 13.8. The van der Waals surface area contributed by atoms with Gasteiger partial charge in [-0.25, -0.2) is 4.68 Å². The van der Waals surface area contributed by atoms with Crippen LogP contribution < -0.4 is 4.74 Å². The molecule has 3 aromatic rings. The lowest BCUT2D eigenvalue weighted by molar-refractivity contribution is 0.0286. The smallest absolute Gasteiger partial charge is 0.119 e. The average molecular weight is 377 g/mol. The van der Waals surface area contributed by atoms with Crippen molar-refractivity contribution in [1.29, 1.82) is 0 Å². The average Bonchev–Trinajstić information content (AvgIpc) is 3.18. The third-order valence-corrected chi connectivity index (χ3v) is 5.34. The Morgan fingerprint density at radius 1 is 1.07 bits per heavy atom. The van der Waals surface area contributed by atoms with Crippen LogP contribution in [-0.4, -0.2) is 48.1 Å². The number of para-hydroxylation sites is 1. The Kier molecular flexibility index (Phi) is 5.74. The largest absolute Gasteiger partial charge is 0.497 e. The van der Waals surface area contributed by atoms with E-state index in [0.29, 0.717) is 6.10 Å². The highest BCUT2D eigenvalue weighted by Gasteiger charge is 2.22. The minimum Gasteiger partial charge on any atom is -0.497 e. The van der Waals surface area contributed by atoms with Crippen LogP contribution in [-0.2, 0) is 11.3 Å². The zero-order valence-electron chi connectivity index (χ0n) is 16.5. The zero-order valence-corrected chi connectivity index (χ0v) is 16.5. The predicted molar refractivity (Wildman–Crippen MR) is 111 cm³/mol. The van der Waals surface area contributed by atoms with E-state index in [1.807, 2.05) is 42.1 Å². The van der Waals surface area contributed by atoms with Gasteiger partial charge in [-0.1, -0.05) is 30.3 Å². The molecule has 0 aliphatic carbocycles. The number of ether oxygens (including phenoxy) is 2. The molecule has 1 aromatic heterocycles. The molecule has 1 saturated heterocycles. The molecule has 2 aromatic carbocycles. The Bertz CT molecular complexity index is 907. The molecule has 5 heteroatoms. The van der Waals surface area contributed by atoms with Crippen molar-refractivity contribution in [3.63, 3.8) is 0 Å². The molecule has 146 valence electrons. The van der Waals surface area contributed by atoms with Gasteiger partial charge in [-0.15, -0.1) is 0 Å². The van der Waals surface area contributed by atoms with Crippen molar-refractivity contribution < 1.29 is 9.47 Å². The van der Waals surface area contributed by atoms with Crippen LogP contribution in [0.2, 0.25) is 0 Å². The molecule has 5 nitrogen and oxygen atoms in total. The van der Waals surface area contributed by atoms with Crippen molar-refractivity contribution in [3.05, 3.63) is 66.4 Å². The number of aromatic nitrogens is 2. The maximum Gasteiger partial charge on any atom is 0.119 e. The van der Waals surface area contributed by atoms with Crippen LogP contribution in [0.5, 0.6) is 5.75 Å². The highest BCUT2D eigenvalue weighted by Crippen LogP contribution is 2.28. The number of rotatable bonds is 6. The maximum atomic E-state index is 5.60. The molecule has 28 heavy (non-hydrogen) atoms. The number of nitrogens with zero attached hydrogens (tertiary/aromatic N) is 3. The molecule has 1 aliphatic heterocycles. The van der Waals surface area contributed by atoms with Crippen LogP contribution in [0.25, 0.3) is 16.9 Å². The van der Waals surface area contributed by atoms with E-state index in [9.17, 15) is 0 Å². The van der Waals surface area contributed by atoms with Crippen molar-refractivity contribution in [2.45, 2.75) is 25.5 Å². The van der Waals surface area contributed by atoms with Crippen LogP contribution in [0.1, 0.15) is 18.4 Å². The SMILES string of the molecule is COc1cccc(-c2nn(-c3ccccc3)cc2CN2CCC[C@@H](OC)C2)c1. The van der Waals surface area contributed by atoms with Crippen LogP contribution in [0.15, 0.2) is 60.8 Å². The molecule has 1 aliphatic rings. The van der Waals surface area contributed by atoms with E-state index < -0.39 is 0 Å². The van der Waals surface area contributed by atoms with Crippen LogP contribution in [0.4, 0.5) is 0 Å². The van der Waals surface area contributed by atoms with Gasteiger partial charge in [0.2, 0.25) is 0 Å². The minimum absolute atomic E-state index is 0.318. The maximum absolute atomic E-state index is 5.60. The third kappa shape index (κ3) is 4.11. The highest BCUT2D eigenvalue weighted by atomic mass is 16.5. The molecule has 2 heterocycles. The van der Waals surface area contributed by atoms with Crippen molar-refractivity contribution in [2.24, 2.45) is 0 Å². The van der Waals surface area contributed by atoms with Gasteiger partial charge in [0.15, 0.2) is 0 Å². The summed E-state index contributed by atoms with van der Waals surface area (Å²) >= 11 is 0. The van der Waals surface area contributed by atoms with E-state index in [2.05, 4.69) is 35.4 Å². The van der Waals surface area contributed by atoms with E-state index in [4.69, 9.17) is 14.6 Å². The van der Waals surface area contributed by atoms with Crippen molar-refractivity contribution in [1.82, 2.24) is 14.7 Å². The Balaban J connectivity index is 1.69. The fourth-order valence-corrected chi connectivity index (χ4v) is 3.84. The number of hydrogen-bond acceptors (Lipinski definition) is 4. The highest BCUT2D eigenvalue weighted by molar-refractivity contribution is 5.65. The van der Waals surface area contributed by atoms with Gasteiger partial charge in [0, 0.05) is 37.5 Å². The molecule has 0 bridgehead atoms. The van der Waals surface area contributed by atoms with Gasteiger partial charge in [-0.3, -0.25) is 4.90 Å². The van der Waals surface area contributed by atoms with E-state index in [1.54, 1.807) is 7.11 Å². The van der Waals surface area contributed by atoms with Gasteiger partial charge in [0.1, 0.15) is 5.75 Å². The van der Waals surface area contributed by atoms with Crippen LogP contribution in [0.3, 0.4) is 0 Å². The summed E-state index contributed by atoms with van der Waals surface area (Å²) in [6, 6.07) is 18.4. The summed E-state index contributed by atoms with van der Waals surface area (Å²) in [7, 11) is 3.50. The molecular formula is C23H27N3O2. The summed E-state index contributed by atoms with van der Waals surface area (Å²) in [5.74, 6) is 0.843. The van der Waals surface area contributed by atoms with Gasteiger partial charge in [0.05, 0.1) is 24.6 Å². The second-order valence-electron chi connectivity index (χ2n) is 7.25. The quantitative estimate of drug-likeness (QED) is 0.647. The Morgan fingerprint density at radius 2 is 1.93 bits per heavy atom. The predicted octanol–water partition coefficient (Wildman–Crippen LogP) is 4.16. The lowest BCUT2D eigenvalue weighted by Gasteiger charge is -2.31. The topological polar surface area (TPSA) is 39.5 Å². The molecule has 1 fully saturated rings. The summed E-state index contributed by atoms with van der Waals surface area (Å²) < 4.78 is 13.0.